The van der Waals surface area contributed by atoms with Gasteiger partial charge in [-0.3, -0.25) is 10.1 Å². The molecule has 4 heteroatoms. The predicted octanol–water partition coefficient (Wildman–Crippen LogP) is 0.568. The van der Waals surface area contributed by atoms with Crippen LogP contribution < -0.4 is 0 Å². The number of nitrogens with zero attached hydrogens (tertiary/aromatic N) is 1. The highest BCUT2D eigenvalue weighted by atomic mass is 16.6. The lowest BCUT2D eigenvalue weighted by molar-refractivity contribution is -0.571. The summed E-state index contributed by atoms with van der Waals surface area (Å²) in [7, 11) is 0. The summed E-state index contributed by atoms with van der Waals surface area (Å²) in [6.07, 6.45) is 2.83. The molecule has 0 heterocycles. The summed E-state index contributed by atoms with van der Waals surface area (Å²) in [5.74, 6) is 0. The van der Waals surface area contributed by atoms with E-state index in [1.165, 1.54) is 0 Å². The van der Waals surface area contributed by atoms with Crippen LogP contribution in [0.15, 0.2) is 0 Å². The third-order valence-electron chi connectivity index (χ3n) is 2.22. The van der Waals surface area contributed by atoms with Crippen molar-refractivity contribution in [2.24, 2.45) is 0 Å². The van der Waals surface area contributed by atoms with Crippen LogP contribution in [-0.4, -0.2) is 22.2 Å². The maximum absolute atomic E-state index is 10.4. The second-order valence-corrected chi connectivity index (χ2v) is 2.85. The maximum atomic E-state index is 10.4. The molecule has 1 fully saturated rings. The van der Waals surface area contributed by atoms with Gasteiger partial charge in [-0.2, -0.15) is 0 Å². The fourth-order valence-electron chi connectivity index (χ4n) is 1.43. The average Bonchev–Trinajstić information content (AvgIpc) is 2.35. The number of aliphatic hydroxyl groups excluding tert-OH is 1. The van der Waals surface area contributed by atoms with Gasteiger partial charge < -0.3 is 5.11 Å². The SMILES string of the molecule is O=[N+]([O-])C1(CO)CCCC1. The van der Waals surface area contributed by atoms with Gasteiger partial charge in [0.05, 0.1) is 0 Å². The first-order valence-corrected chi connectivity index (χ1v) is 3.47. The summed E-state index contributed by atoms with van der Waals surface area (Å²) in [6.45, 7) is -0.306. The van der Waals surface area contributed by atoms with Gasteiger partial charge in [0, 0.05) is 17.8 Å². The summed E-state index contributed by atoms with van der Waals surface area (Å²) < 4.78 is 0. The summed E-state index contributed by atoms with van der Waals surface area (Å²) >= 11 is 0. The molecule has 0 saturated heterocycles. The minimum atomic E-state index is -0.986. The Balaban J connectivity index is 2.67. The fraction of sp³-hybridized carbons (Fsp3) is 1.00. The zero-order valence-corrected chi connectivity index (χ0v) is 5.75. The number of hydrogen-bond acceptors (Lipinski definition) is 3. The van der Waals surface area contributed by atoms with Gasteiger partial charge in [0.2, 0.25) is 5.54 Å². The predicted molar refractivity (Wildman–Crippen MR) is 35.3 cm³/mol. The van der Waals surface area contributed by atoms with Crippen molar-refractivity contribution < 1.29 is 10.0 Å². The van der Waals surface area contributed by atoms with Crippen molar-refractivity contribution in [3.05, 3.63) is 10.1 Å². The van der Waals surface area contributed by atoms with Crippen molar-refractivity contribution in [1.82, 2.24) is 0 Å². The Morgan fingerprint density at radius 3 is 2.20 bits per heavy atom. The Hall–Kier alpha value is -0.640. The molecule has 0 bridgehead atoms. The van der Waals surface area contributed by atoms with Crippen LogP contribution in [0.3, 0.4) is 0 Å². The summed E-state index contributed by atoms with van der Waals surface area (Å²) in [4.78, 5) is 10.1. The first kappa shape index (κ1) is 7.47. The highest BCUT2D eigenvalue weighted by Gasteiger charge is 2.44. The van der Waals surface area contributed by atoms with Crippen LogP contribution in [0.5, 0.6) is 0 Å². The monoisotopic (exact) mass is 145 g/mol. The van der Waals surface area contributed by atoms with Crippen LogP contribution in [0.25, 0.3) is 0 Å². The number of aliphatic hydroxyl groups is 1. The quantitative estimate of drug-likeness (QED) is 0.456. The van der Waals surface area contributed by atoms with Crippen molar-refractivity contribution in [2.75, 3.05) is 6.61 Å². The molecule has 0 atom stereocenters. The van der Waals surface area contributed by atoms with E-state index in [0.717, 1.165) is 12.8 Å². The summed E-state index contributed by atoms with van der Waals surface area (Å²) in [5, 5.41) is 19.1. The Bertz CT molecular complexity index is 140. The largest absolute Gasteiger partial charge is 0.389 e. The molecule has 0 spiro atoms. The molecule has 0 aromatic rings. The van der Waals surface area contributed by atoms with E-state index in [2.05, 4.69) is 0 Å². The average molecular weight is 145 g/mol. The van der Waals surface area contributed by atoms with E-state index >= 15 is 0 Å². The zero-order valence-electron chi connectivity index (χ0n) is 5.75. The molecule has 0 amide bonds. The van der Waals surface area contributed by atoms with Gasteiger partial charge in [-0.05, 0) is 12.8 Å². The molecule has 0 aromatic carbocycles. The summed E-state index contributed by atoms with van der Waals surface area (Å²) in [5.41, 5.74) is -0.986. The van der Waals surface area contributed by atoms with Crippen LogP contribution in [0, 0.1) is 10.1 Å². The van der Waals surface area contributed by atoms with E-state index in [0.29, 0.717) is 12.8 Å². The number of rotatable bonds is 2. The molecular formula is C6H11NO3. The van der Waals surface area contributed by atoms with Gasteiger partial charge in [0.15, 0.2) is 0 Å². The Labute approximate surface area is 59.0 Å². The van der Waals surface area contributed by atoms with Gasteiger partial charge in [0.25, 0.3) is 0 Å². The lowest BCUT2D eigenvalue weighted by Crippen LogP contribution is -2.38. The van der Waals surface area contributed by atoms with Crippen molar-refractivity contribution in [3.8, 4) is 0 Å². The smallest absolute Gasteiger partial charge is 0.244 e. The number of nitro groups is 1. The van der Waals surface area contributed by atoms with Crippen molar-refractivity contribution in [3.63, 3.8) is 0 Å². The maximum Gasteiger partial charge on any atom is 0.244 e. The van der Waals surface area contributed by atoms with Crippen LogP contribution in [0.4, 0.5) is 0 Å². The Morgan fingerprint density at radius 2 is 2.00 bits per heavy atom. The minimum absolute atomic E-state index is 0.306. The molecule has 1 aliphatic rings. The van der Waals surface area contributed by atoms with Gasteiger partial charge >= 0.3 is 0 Å². The third kappa shape index (κ3) is 0.988. The lowest BCUT2D eigenvalue weighted by Gasteiger charge is -2.15. The van der Waals surface area contributed by atoms with Crippen LogP contribution in [-0.2, 0) is 0 Å². The van der Waals surface area contributed by atoms with Crippen LogP contribution in [0.2, 0.25) is 0 Å². The highest BCUT2D eigenvalue weighted by Crippen LogP contribution is 2.31. The molecule has 1 N–H and O–H groups in total. The molecule has 4 nitrogen and oxygen atoms in total. The second kappa shape index (κ2) is 2.54. The molecule has 0 aromatic heterocycles. The molecular weight excluding hydrogens is 134 g/mol. The summed E-state index contributed by atoms with van der Waals surface area (Å²) in [6, 6.07) is 0. The van der Waals surface area contributed by atoms with E-state index in [9.17, 15) is 10.1 Å². The Morgan fingerprint density at radius 1 is 1.50 bits per heavy atom. The molecule has 10 heavy (non-hydrogen) atoms. The molecule has 58 valence electrons. The zero-order chi connectivity index (χ0) is 7.61. The van der Waals surface area contributed by atoms with E-state index in [1.807, 2.05) is 0 Å². The van der Waals surface area contributed by atoms with Gasteiger partial charge in [-0.15, -0.1) is 0 Å². The third-order valence-corrected chi connectivity index (χ3v) is 2.22. The molecule has 1 aliphatic carbocycles. The highest BCUT2D eigenvalue weighted by molar-refractivity contribution is 4.83. The van der Waals surface area contributed by atoms with Gasteiger partial charge in [0.1, 0.15) is 6.61 Å². The Kier molecular flexibility index (Phi) is 1.89. The fourth-order valence-corrected chi connectivity index (χ4v) is 1.43. The van der Waals surface area contributed by atoms with Crippen molar-refractivity contribution in [1.29, 1.82) is 0 Å². The van der Waals surface area contributed by atoms with Crippen LogP contribution >= 0.6 is 0 Å². The topological polar surface area (TPSA) is 63.4 Å². The first-order chi connectivity index (χ1) is 4.71. The molecule has 0 aliphatic heterocycles. The minimum Gasteiger partial charge on any atom is -0.389 e. The first-order valence-electron chi connectivity index (χ1n) is 3.47. The molecule has 1 rings (SSSR count). The van der Waals surface area contributed by atoms with E-state index in [4.69, 9.17) is 5.11 Å². The van der Waals surface area contributed by atoms with Crippen molar-refractivity contribution in [2.45, 2.75) is 31.2 Å². The lowest BCUT2D eigenvalue weighted by atomic mass is 10.0. The van der Waals surface area contributed by atoms with E-state index in [1.54, 1.807) is 0 Å². The van der Waals surface area contributed by atoms with Crippen molar-refractivity contribution >= 4 is 0 Å². The van der Waals surface area contributed by atoms with E-state index < -0.39 is 5.54 Å². The van der Waals surface area contributed by atoms with Crippen LogP contribution in [0.1, 0.15) is 25.7 Å². The van der Waals surface area contributed by atoms with Gasteiger partial charge in [-0.1, -0.05) is 0 Å². The molecule has 1 saturated carbocycles. The van der Waals surface area contributed by atoms with E-state index in [-0.39, 0.29) is 11.5 Å². The second-order valence-electron chi connectivity index (χ2n) is 2.85. The molecule has 0 unspecified atom stereocenters. The standard InChI is InChI=1S/C6H11NO3/c8-5-6(7(9)10)3-1-2-4-6/h8H,1-5H2. The molecule has 0 radical (unpaired) electrons. The normalized spacial score (nSPS) is 22.9. The van der Waals surface area contributed by atoms with Gasteiger partial charge in [-0.25, -0.2) is 0 Å². The number of hydrogen-bond donors (Lipinski definition) is 1.